The van der Waals surface area contributed by atoms with E-state index in [2.05, 4.69) is 21.0 Å². The second-order valence-corrected chi connectivity index (χ2v) is 8.34. The van der Waals surface area contributed by atoms with Gasteiger partial charge in [-0.05, 0) is 49.4 Å². The zero-order valence-electron chi connectivity index (χ0n) is 17.8. The van der Waals surface area contributed by atoms with Crippen LogP contribution in [0.3, 0.4) is 0 Å². The van der Waals surface area contributed by atoms with E-state index in [1.165, 1.54) is 11.8 Å². The summed E-state index contributed by atoms with van der Waals surface area (Å²) in [7, 11) is 1.56. The number of thioether (sulfide) groups is 1. The van der Waals surface area contributed by atoms with Crippen molar-refractivity contribution in [2.45, 2.75) is 18.6 Å². The van der Waals surface area contributed by atoms with Crippen LogP contribution in [0.25, 0.3) is 11.4 Å². The van der Waals surface area contributed by atoms with Gasteiger partial charge in [0.05, 0.1) is 18.4 Å². The van der Waals surface area contributed by atoms with Crippen LogP contribution in [-0.4, -0.2) is 46.0 Å². The average molecular weight is 510 g/mol. The predicted octanol–water partition coefficient (Wildman–Crippen LogP) is 3.60. The van der Waals surface area contributed by atoms with Gasteiger partial charge in [-0.2, -0.15) is 0 Å². The number of hydrazine groups is 1. The molecule has 1 heterocycles. The Hall–Kier alpha value is -2.95. The number of carbonyl (C=O) groups is 2. The summed E-state index contributed by atoms with van der Waals surface area (Å²) in [5.41, 5.74) is 5.35. The molecule has 12 heteroatoms. The molecule has 33 heavy (non-hydrogen) atoms. The molecule has 3 rings (SSSR count). The van der Waals surface area contributed by atoms with Gasteiger partial charge in [-0.3, -0.25) is 20.4 Å². The van der Waals surface area contributed by atoms with Gasteiger partial charge in [0, 0.05) is 16.6 Å². The Morgan fingerprint density at radius 2 is 1.73 bits per heavy atom. The van der Waals surface area contributed by atoms with Crippen molar-refractivity contribution >= 4 is 46.8 Å². The minimum Gasteiger partial charge on any atom is -0.496 e. The average Bonchev–Trinajstić information content (AvgIpc) is 3.23. The van der Waals surface area contributed by atoms with Crippen LogP contribution in [0, 0.1) is 0 Å². The van der Waals surface area contributed by atoms with E-state index in [0.717, 1.165) is 0 Å². The summed E-state index contributed by atoms with van der Waals surface area (Å²) in [5, 5.41) is 10.1. The van der Waals surface area contributed by atoms with Crippen LogP contribution in [0.4, 0.5) is 0 Å². The molecule has 0 radical (unpaired) electrons. The fraction of sp³-hybridized carbons (Fsp3) is 0.238. The molecule has 0 spiro atoms. The van der Waals surface area contributed by atoms with E-state index in [9.17, 15) is 9.59 Å². The second-order valence-electron chi connectivity index (χ2n) is 6.52. The first-order valence-corrected chi connectivity index (χ1v) is 11.5. The van der Waals surface area contributed by atoms with E-state index >= 15 is 0 Å². The van der Waals surface area contributed by atoms with Crippen molar-refractivity contribution in [1.82, 2.24) is 25.6 Å². The highest BCUT2D eigenvalue weighted by molar-refractivity contribution is 7.99. The molecule has 3 aromatic rings. The number of halogens is 2. The third kappa shape index (κ3) is 6.77. The summed E-state index contributed by atoms with van der Waals surface area (Å²) in [5.74, 6) is 0.778. The molecule has 174 valence electrons. The number of amides is 2. The van der Waals surface area contributed by atoms with Gasteiger partial charge in [0.2, 0.25) is 5.91 Å². The van der Waals surface area contributed by atoms with Crippen LogP contribution in [0.1, 0.15) is 6.92 Å². The number of nitrogens with zero attached hydrogens (tertiary/aromatic N) is 3. The van der Waals surface area contributed by atoms with Gasteiger partial charge in [0.1, 0.15) is 11.5 Å². The van der Waals surface area contributed by atoms with Gasteiger partial charge in [-0.15, -0.1) is 10.2 Å². The molecule has 0 unspecified atom stereocenters. The minimum atomic E-state index is -0.504. The van der Waals surface area contributed by atoms with Crippen molar-refractivity contribution < 1.29 is 19.1 Å². The highest BCUT2D eigenvalue weighted by Gasteiger charge is 2.18. The topological polar surface area (TPSA) is 107 Å². The fourth-order valence-electron chi connectivity index (χ4n) is 2.76. The van der Waals surface area contributed by atoms with Gasteiger partial charge in [0.15, 0.2) is 17.6 Å². The van der Waals surface area contributed by atoms with Crippen molar-refractivity contribution in [3.63, 3.8) is 0 Å². The number of hydrogen-bond acceptors (Lipinski definition) is 7. The van der Waals surface area contributed by atoms with Crippen LogP contribution >= 0.6 is 35.0 Å². The van der Waals surface area contributed by atoms with Gasteiger partial charge in [0.25, 0.3) is 5.91 Å². The van der Waals surface area contributed by atoms with Crippen LogP contribution in [-0.2, 0) is 16.1 Å². The van der Waals surface area contributed by atoms with Crippen molar-refractivity contribution in [1.29, 1.82) is 0 Å². The lowest BCUT2D eigenvalue weighted by Crippen LogP contribution is -2.44. The predicted molar refractivity (Wildman–Crippen MR) is 127 cm³/mol. The summed E-state index contributed by atoms with van der Waals surface area (Å²) >= 11 is 13.1. The van der Waals surface area contributed by atoms with Gasteiger partial charge in [-0.25, -0.2) is 0 Å². The Kier molecular flexibility index (Phi) is 8.81. The van der Waals surface area contributed by atoms with Crippen LogP contribution < -0.4 is 20.3 Å². The Morgan fingerprint density at radius 1 is 1.03 bits per heavy atom. The zero-order chi connectivity index (χ0) is 23.8. The molecule has 0 fully saturated rings. The molecule has 0 saturated heterocycles. The highest BCUT2D eigenvalue weighted by Crippen LogP contribution is 2.33. The monoisotopic (exact) mass is 509 g/mol. The van der Waals surface area contributed by atoms with Gasteiger partial charge >= 0.3 is 0 Å². The van der Waals surface area contributed by atoms with Crippen molar-refractivity contribution in [2.75, 3.05) is 19.5 Å². The number of ether oxygens (including phenoxy) is 2. The number of aromatic nitrogens is 3. The minimum absolute atomic E-state index is 0.0170. The SMILES string of the molecule is CCn1c(SCC(=O)NNC(=O)COc2ccc(Cl)cc2)nnc1-c1cc(Cl)ccc1OC. The molecule has 0 aliphatic rings. The Morgan fingerprint density at radius 3 is 2.42 bits per heavy atom. The first kappa shape index (κ1) is 24.7. The third-order valence-corrected chi connectivity index (χ3v) is 5.75. The molecule has 2 amide bonds. The summed E-state index contributed by atoms with van der Waals surface area (Å²) in [6, 6.07) is 11.8. The van der Waals surface area contributed by atoms with Crippen molar-refractivity contribution in [3.05, 3.63) is 52.5 Å². The molecule has 2 aromatic carbocycles. The Balaban J connectivity index is 1.52. The fourth-order valence-corrected chi connectivity index (χ4v) is 3.86. The maximum atomic E-state index is 12.2. The molecule has 9 nitrogen and oxygen atoms in total. The zero-order valence-corrected chi connectivity index (χ0v) is 20.1. The summed E-state index contributed by atoms with van der Waals surface area (Å²) in [4.78, 5) is 24.0. The molecule has 0 saturated carbocycles. The standard InChI is InChI=1S/C21H21Cl2N5O4S/c1-3-28-20(16-10-14(23)6-9-17(16)31-2)26-27-21(28)33-12-19(30)25-24-18(29)11-32-15-7-4-13(22)5-8-15/h4-10H,3,11-12H2,1-2H3,(H,24,29)(H,25,30). The first-order chi connectivity index (χ1) is 15.9. The lowest BCUT2D eigenvalue weighted by molar-refractivity contribution is -0.128. The van der Waals surface area contributed by atoms with E-state index < -0.39 is 11.8 Å². The van der Waals surface area contributed by atoms with E-state index in [-0.39, 0.29) is 12.4 Å². The third-order valence-electron chi connectivity index (χ3n) is 4.29. The maximum Gasteiger partial charge on any atom is 0.276 e. The largest absolute Gasteiger partial charge is 0.496 e. The van der Waals surface area contributed by atoms with E-state index in [0.29, 0.717) is 44.6 Å². The molecule has 2 N–H and O–H groups in total. The lowest BCUT2D eigenvalue weighted by atomic mass is 10.2. The molecule has 0 bridgehead atoms. The Labute approximate surface area is 204 Å². The molecule has 1 aromatic heterocycles. The molecule has 0 aliphatic carbocycles. The van der Waals surface area contributed by atoms with E-state index in [4.69, 9.17) is 32.7 Å². The number of benzene rings is 2. The van der Waals surface area contributed by atoms with Crippen LogP contribution in [0.15, 0.2) is 47.6 Å². The first-order valence-electron chi connectivity index (χ1n) is 9.77. The highest BCUT2D eigenvalue weighted by atomic mass is 35.5. The molecular weight excluding hydrogens is 489 g/mol. The van der Waals surface area contributed by atoms with E-state index in [1.807, 2.05) is 11.5 Å². The molecular formula is C21H21Cl2N5O4S. The second kappa shape index (κ2) is 11.8. The number of hydrogen-bond donors (Lipinski definition) is 2. The summed E-state index contributed by atoms with van der Waals surface area (Å²) < 4.78 is 12.6. The normalized spacial score (nSPS) is 10.5. The van der Waals surface area contributed by atoms with Crippen molar-refractivity contribution in [3.8, 4) is 22.9 Å². The Bertz CT molecular complexity index is 1120. The van der Waals surface area contributed by atoms with Gasteiger partial charge < -0.3 is 14.0 Å². The van der Waals surface area contributed by atoms with Crippen LogP contribution in [0.5, 0.6) is 11.5 Å². The number of nitrogens with one attached hydrogen (secondary N) is 2. The molecule has 0 aliphatic heterocycles. The smallest absolute Gasteiger partial charge is 0.276 e. The van der Waals surface area contributed by atoms with E-state index in [1.54, 1.807) is 49.6 Å². The number of methoxy groups -OCH3 is 1. The summed E-state index contributed by atoms with van der Waals surface area (Å²) in [6.07, 6.45) is 0. The quantitative estimate of drug-likeness (QED) is 0.335. The van der Waals surface area contributed by atoms with Crippen LogP contribution in [0.2, 0.25) is 10.0 Å². The lowest BCUT2D eigenvalue weighted by Gasteiger charge is -2.11. The maximum absolute atomic E-state index is 12.2. The number of carbonyl (C=O) groups excluding carboxylic acids is 2. The van der Waals surface area contributed by atoms with Gasteiger partial charge in [-0.1, -0.05) is 35.0 Å². The molecule has 0 atom stereocenters. The summed E-state index contributed by atoms with van der Waals surface area (Å²) in [6.45, 7) is 2.25. The van der Waals surface area contributed by atoms with Crippen molar-refractivity contribution in [2.24, 2.45) is 0 Å². The number of rotatable bonds is 9.